The molecular weight excluding hydrogens is 680 g/mol. The number of H-pyrrole nitrogens is 1. The van der Waals surface area contributed by atoms with Crippen LogP contribution in [0.5, 0.6) is 34.5 Å². The molecule has 1 unspecified atom stereocenters. The van der Waals surface area contributed by atoms with Gasteiger partial charge in [0.2, 0.25) is 11.7 Å². The summed E-state index contributed by atoms with van der Waals surface area (Å²) in [5, 5.41) is 27.6. The Labute approximate surface area is 309 Å². The molecule has 1 aliphatic rings. The number of hydrogen-bond acceptors (Lipinski definition) is 10. The van der Waals surface area contributed by atoms with Gasteiger partial charge in [0.1, 0.15) is 28.6 Å². The standard InChI is InChI=1S/C41H48N2O10/c1-24-10-9-13-28(44)12-8-6-7-11-25-18-33(45)38(39(47)37(25)41(48)53-24)31(27-19-34(50-3)40(52-5)35(20-27)51-4)22-36(46)42-17-16-26-23-43-32-15-14-29(49-2)21-30(26)32/h7,11,14-15,18-21,23-24,31,43,45,47H,6,8-10,12-13,16-17,22H2,1-5H3,(H,42,46)/b11-7+/t24-,31?/m0/s1. The third-order valence-corrected chi connectivity index (χ3v) is 9.57. The molecule has 1 amide bonds. The zero-order chi connectivity index (χ0) is 38.1. The number of phenolic OH excluding ortho intramolecular Hbond substituents is 2. The van der Waals surface area contributed by atoms with Crippen LogP contribution in [0.3, 0.4) is 0 Å². The van der Waals surface area contributed by atoms with E-state index in [9.17, 15) is 24.6 Å². The van der Waals surface area contributed by atoms with E-state index in [4.69, 9.17) is 23.7 Å². The van der Waals surface area contributed by atoms with Crippen LogP contribution in [-0.2, 0) is 20.7 Å². The smallest absolute Gasteiger partial charge is 0.342 e. The Bertz CT molecular complexity index is 1960. The molecule has 12 heteroatoms. The predicted molar refractivity (Wildman–Crippen MR) is 201 cm³/mol. The van der Waals surface area contributed by atoms with Gasteiger partial charge in [0.05, 0.1) is 34.5 Å². The highest BCUT2D eigenvalue weighted by Crippen LogP contribution is 2.47. The number of benzene rings is 3. The Morgan fingerprint density at radius 3 is 2.42 bits per heavy atom. The minimum atomic E-state index is -0.986. The van der Waals surface area contributed by atoms with E-state index in [0.29, 0.717) is 74.3 Å². The van der Waals surface area contributed by atoms with Gasteiger partial charge in [-0.3, -0.25) is 9.59 Å². The van der Waals surface area contributed by atoms with Crippen LogP contribution >= 0.6 is 0 Å². The molecule has 0 aliphatic carbocycles. The molecule has 2 atom stereocenters. The van der Waals surface area contributed by atoms with E-state index in [2.05, 4.69) is 10.3 Å². The summed E-state index contributed by atoms with van der Waals surface area (Å²) in [5.41, 5.74) is 2.46. The summed E-state index contributed by atoms with van der Waals surface area (Å²) >= 11 is 0. The molecule has 0 bridgehead atoms. The van der Waals surface area contributed by atoms with Gasteiger partial charge < -0.3 is 44.2 Å². The van der Waals surface area contributed by atoms with Gasteiger partial charge in [0.15, 0.2) is 11.5 Å². The number of phenols is 2. The number of carbonyl (C=O) groups excluding carboxylic acids is 3. The average Bonchev–Trinajstić information content (AvgIpc) is 3.54. The van der Waals surface area contributed by atoms with Gasteiger partial charge in [-0.25, -0.2) is 4.79 Å². The maximum absolute atomic E-state index is 13.8. The van der Waals surface area contributed by atoms with Crippen molar-refractivity contribution in [1.82, 2.24) is 10.3 Å². The molecule has 0 fully saturated rings. The molecule has 0 radical (unpaired) electrons. The molecule has 1 aromatic heterocycles. The van der Waals surface area contributed by atoms with Crippen LogP contribution in [0.25, 0.3) is 17.0 Å². The van der Waals surface area contributed by atoms with E-state index in [-0.39, 0.29) is 40.6 Å². The van der Waals surface area contributed by atoms with Gasteiger partial charge in [-0.05, 0) is 92.1 Å². The second kappa shape index (κ2) is 17.7. The van der Waals surface area contributed by atoms with E-state index in [1.807, 2.05) is 24.4 Å². The van der Waals surface area contributed by atoms with E-state index >= 15 is 0 Å². The molecule has 53 heavy (non-hydrogen) atoms. The van der Waals surface area contributed by atoms with Crippen LogP contribution in [0.15, 0.2) is 48.7 Å². The summed E-state index contributed by atoms with van der Waals surface area (Å²) in [5.74, 6) is -1.18. The van der Waals surface area contributed by atoms with E-state index in [1.54, 1.807) is 38.3 Å². The molecule has 4 N–H and O–H groups in total. The lowest BCUT2D eigenvalue weighted by Crippen LogP contribution is -2.27. The number of aromatic nitrogens is 1. The monoisotopic (exact) mass is 728 g/mol. The number of aromatic amines is 1. The Kier molecular flexibility index (Phi) is 12.9. The van der Waals surface area contributed by atoms with Crippen molar-refractivity contribution in [1.29, 1.82) is 0 Å². The molecule has 0 saturated carbocycles. The number of fused-ring (bicyclic) bond motifs is 2. The number of aromatic hydroxyl groups is 2. The molecule has 3 aromatic carbocycles. The topological polar surface area (TPSA) is 166 Å². The number of nitrogens with one attached hydrogen (secondary N) is 2. The highest BCUT2D eigenvalue weighted by Gasteiger charge is 2.32. The second-order valence-corrected chi connectivity index (χ2v) is 13.1. The molecule has 0 saturated heterocycles. The van der Waals surface area contributed by atoms with Crippen LogP contribution in [0.2, 0.25) is 0 Å². The molecule has 5 rings (SSSR count). The van der Waals surface area contributed by atoms with E-state index in [0.717, 1.165) is 22.2 Å². The van der Waals surface area contributed by atoms with E-state index < -0.39 is 23.7 Å². The summed E-state index contributed by atoms with van der Waals surface area (Å²) in [6.07, 6.45) is 8.14. The Hall–Kier alpha value is -5.65. The summed E-state index contributed by atoms with van der Waals surface area (Å²) in [6.45, 7) is 2.03. The summed E-state index contributed by atoms with van der Waals surface area (Å²) in [4.78, 5) is 43.0. The van der Waals surface area contributed by atoms with Crippen molar-refractivity contribution in [3.8, 4) is 34.5 Å². The number of methoxy groups -OCH3 is 4. The van der Waals surface area contributed by atoms with Crippen molar-refractivity contribution in [2.24, 2.45) is 0 Å². The van der Waals surface area contributed by atoms with Crippen molar-refractivity contribution in [3.63, 3.8) is 0 Å². The van der Waals surface area contributed by atoms with Crippen LogP contribution in [-0.4, -0.2) is 73.9 Å². The van der Waals surface area contributed by atoms with Gasteiger partial charge >= 0.3 is 5.97 Å². The first-order valence-electron chi connectivity index (χ1n) is 17.8. The third kappa shape index (κ3) is 9.05. The first-order chi connectivity index (χ1) is 25.6. The zero-order valence-corrected chi connectivity index (χ0v) is 30.9. The highest BCUT2D eigenvalue weighted by molar-refractivity contribution is 5.98. The number of cyclic esters (lactones) is 1. The number of ether oxygens (including phenoxy) is 5. The third-order valence-electron chi connectivity index (χ3n) is 9.57. The number of rotatable bonds is 11. The lowest BCUT2D eigenvalue weighted by Gasteiger charge is -2.24. The van der Waals surface area contributed by atoms with Gasteiger partial charge in [-0.1, -0.05) is 12.2 Å². The van der Waals surface area contributed by atoms with E-state index in [1.165, 1.54) is 27.4 Å². The highest BCUT2D eigenvalue weighted by atomic mass is 16.5. The van der Waals surface area contributed by atoms with Crippen LogP contribution in [0.1, 0.15) is 90.4 Å². The normalized spacial score (nSPS) is 16.5. The number of hydrogen-bond donors (Lipinski definition) is 4. The number of allylic oxidation sites excluding steroid dienone is 1. The fourth-order valence-corrected chi connectivity index (χ4v) is 6.79. The van der Waals surface area contributed by atoms with Crippen molar-refractivity contribution >= 4 is 34.6 Å². The first kappa shape index (κ1) is 38.6. The maximum atomic E-state index is 13.8. The Morgan fingerprint density at radius 2 is 1.72 bits per heavy atom. The quantitative estimate of drug-likeness (QED) is 0.118. The summed E-state index contributed by atoms with van der Waals surface area (Å²) in [7, 11) is 6.00. The number of Topliss-reactive ketones (excluding diaryl/α,β-unsaturated/α-hetero) is 1. The molecule has 282 valence electrons. The Balaban J connectivity index is 1.54. The van der Waals surface area contributed by atoms with Gasteiger partial charge in [-0.15, -0.1) is 0 Å². The fraction of sp³-hybridized carbons (Fsp3) is 0.390. The van der Waals surface area contributed by atoms with Crippen molar-refractivity contribution in [3.05, 3.63) is 76.5 Å². The lowest BCUT2D eigenvalue weighted by molar-refractivity contribution is -0.121. The van der Waals surface area contributed by atoms with Gasteiger partial charge in [0.25, 0.3) is 0 Å². The minimum absolute atomic E-state index is 0.0402. The Morgan fingerprint density at radius 1 is 0.981 bits per heavy atom. The average molecular weight is 729 g/mol. The summed E-state index contributed by atoms with van der Waals surface area (Å²) in [6, 6.07) is 10.4. The number of amides is 1. The minimum Gasteiger partial charge on any atom is -0.507 e. The van der Waals surface area contributed by atoms with Crippen LogP contribution in [0.4, 0.5) is 0 Å². The van der Waals surface area contributed by atoms with Crippen LogP contribution < -0.4 is 24.3 Å². The summed E-state index contributed by atoms with van der Waals surface area (Å²) < 4.78 is 27.9. The largest absolute Gasteiger partial charge is 0.507 e. The molecule has 0 spiro atoms. The molecule has 2 heterocycles. The first-order valence-corrected chi connectivity index (χ1v) is 17.8. The second-order valence-electron chi connectivity index (χ2n) is 13.1. The van der Waals surface area contributed by atoms with Crippen molar-refractivity contribution in [2.75, 3.05) is 35.0 Å². The maximum Gasteiger partial charge on any atom is 0.342 e. The van der Waals surface area contributed by atoms with Crippen molar-refractivity contribution in [2.45, 2.75) is 70.3 Å². The molecule has 4 aromatic rings. The fourth-order valence-electron chi connectivity index (χ4n) is 6.79. The number of ketones is 1. The zero-order valence-electron chi connectivity index (χ0n) is 30.9. The predicted octanol–water partition coefficient (Wildman–Crippen LogP) is 6.98. The number of carbonyl (C=O) groups is 3. The van der Waals surface area contributed by atoms with Crippen molar-refractivity contribution < 1.29 is 48.3 Å². The molecule has 1 aliphatic heterocycles. The SMILES string of the molecule is COc1ccc2[nH]cc(CCNC(=O)CC(c3cc(OC)c(OC)c(OC)c3)c3c(O)cc4c(c3O)C(=O)O[C@@H](C)CCCC(=O)CCC/C=C/4)c2c1. The molecular formula is C41H48N2O10. The lowest BCUT2D eigenvalue weighted by atomic mass is 9.84. The van der Waals surface area contributed by atoms with Crippen LogP contribution in [0, 0.1) is 0 Å². The van der Waals surface area contributed by atoms with Gasteiger partial charge in [-0.2, -0.15) is 0 Å². The number of esters is 1. The molecule has 12 nitrogen and oxygen atoms in total. The van der Waals surface area contributed by atoms with Gasteiger partial charge in [0, 0.05) is 54.4 Å².